The van der Waals surface area contributed by atoms with Crippen molar-refractivity contribution in [2.45, 2.75) is 25.3 Å². The first-order valence-corrected chi connectivity index (χ1v) is 12.0. The summed E-state index contributed by atoms with van der Waals surface area (Å²) in [5.74, 6) is 0.891. The van der Waals surface area contributed by atoms with Gasteiger partial charge in [0.05, 0.1) is 6.61 Å². The third kappa shape index (κ3) is 4.14. The summed E-state index contributed by atoms with van der Waals surface area (Å²) in [5, 5.41) is 7.10. The van der Waals surface area contributed by atoms with Gasteiger partial charge in [-0.05, 0) is 60.5 Å². The summed E-state index contributed by atoms with van der Waals surface area (Å²) >= 11 is 1.81. The van der Waals surface area contributed by atoms with Crippen molar-refractivity contribution in [1.29, 1.82) is 0 Å². The normalized spacial score (nSPS) is 19.0. The molecule has 1 aromatic heterocycles. The van der Waals surface area contributed by atoms with E-state index in [1.165, 1.54) is 15.8 Å². The van der Waals surface area contributed by atoms with Gasteiger partial charge >= 0.3 is 0 Å². The number of nitrogens with zero attached hydrogens (tertiary/aromatic N) is 2. The number of likely N-dealkylation sites (N-methyl/N-ethyl adjacent to an activating group) is 1. The first-order valence-electron chi connectivity index (χ1n) is 11.2. The maximum atomic E-state index is 12.4. The number of carbonyl (C=O) groups is 1. The van der Waals surface area contributed by atoms with E-state index in [0.29, 0.717) is 12.6 Å². The van der Waals surface area contributed by atoms with Gasteiger partial charge in [0.25, 0.3) is 5.91 Å². The van der Waals surface area contributed by atoms with E-state index in [4.69, 9.17) is 4.74 Å². The van der Waals surface area contributed by atoms with Crippen LogP contribution in [0.2, 0.25) is 0 Å². The van der Waals surface area contributed by atoms with Crippen molar-refractivity contribution < 1.29 is 9.53 Å². The minimum Gasteiger partial charge on any atom is -0.494 e. The van der Waals surface area contributed by atoms with Gasteiger partial charge in [0.2, 0.25) is 0 Å². The van der Waals surface area contributed by atoms with Crippen LogP contribution in [0.3, 0.4) is 0 Å². The molecular formula is C25H29N3O2S. The Hall–Kier alpha value is -2.57. The van der Waals surface area contributed by atoms with Gasteiger partial charge in [0.1, 0.15) is 5.75 Å². The van der Waals surface area contributed by atoms with Crippen molar-refractivity contribution in [3.8, 4) is 5.75 Å². The molecule has 0 radical (unpaired) electrons. The predicted molar refractivity (Wildman–Crippen MR) is 128 cm³/mol. The van der Waals surface area contributed by atoms with E-state index >= 15 is 0 Å². The molecule has 0 saturated carbocycles. The van der Waals surface area contributed by atoms with Gasteiger partial charge in [-0.1, -0.05) is 12.1 Å². The lowest BCUT2D eigenvalue weighted by molar-refractivity contribution is 0.0780. The van der Waals surface area contributed by atoms with Crippen LogP contribution in [-0.2, 0) is 6.42 Å². The van der Waals surface area contributed by atoms with E-state index in [-0.39, 0.29) is 5.91 Å². The second-order valence-corrected chi connectivity index (χ2v) is 9.39. The first-order chi connectivity index (χ1) is 15.2. The SMILES string of the molecule is CN1CCc2ccc(OCCCC3CNCCN3c3cccc4sccc34)cc2C1=O. The molecule has 162 valence electrons. The average molecular weight is 436 g/mol. The van der Waals surface area contributed by atoms with Crippen LogP contribution in [0.4, 0.5) is 5.69 Å². The predicted octanol–water partition coefficient (Wildman–Crippen LogP) is 4.17. The van der Waals surface area contributed by atoms with E-state index in [0.717, 1.165) is 62.3 Å². The van der Waals surface area contributed by atoms with Crippen molar-refractivity contribution in [3.05, 3.63) is 59.0 Å². The summed E-state index contributed by atoms with van der Waals surface area (Å²) in [4.78, 5) is 16.8. The molecule has 3 aromatic rings. The monoisotopic (exact) mass is 435 g/mol. The fraction of sp³-hybridized carbons (Fsp3) is 0.400. The van der Waals surface area contributed by atoms with Gasteiger partial charge in [-0.15, -0.1) is 11.3 Å². The molecule has 2 aromatic carbocycles. The fourth-order valence-electron chi connectivity index (χ4n) is 4.73. The number of hydrogen-bond acceptors (Lipinski definition) is 5. The number of thiophene rings is 1. The van der Waals surface area contributed by atoms with Crippen LogP contribution in [-0.4, -0.2) is 56.7 Å². The van der Waals surface area contributed by atoms with E-state index < -0.39 is 0 Å². The molecule has 1 N–H and O–H groups in total. The fourth-order valence-corrected chi connectivity index (χ4v) is 5.54. The molecule has 2 aliphatic heterocycles. The third-order valence-electron chi connectivity index (χ3n) is 6.46. The number of anilines is 1. The molecule has 6 heteroatoms. The van der Waals surface area contributed by atoms with Crippen molar-refractivity contribution in [3.63, 3.8) is 0 Å². The number of ether oxygens (including phenoxy) is 1. The number of carbonyl (C=O) groups excluding carboxylic acids is 1. The van der Waals surface area contributed by atoms with Gasteiger partial charge in [-0.3, -0.25) is 4.79 Å². The molecule has 1 amide bonds. The Morgan fingerprint density at radius 2 is 2.13 bits per heavy atom. The Balaban J connectivity index is 1.21. The molecule has 2 aliphatic rings. The summed E-state index contributed by atoms with van der Waals surface area (Å²) in [6.45, 7) is 4.50. The number of hydrogen-bond donors (Lipinski definition) is 1. The summed E-state index contributed by atoms with van der Waals surface area (Å²) < 4.78 is 7.39. The maximum absolute atomic E-state index is 12.4. The highest BCUT2D eigenvalue weighted by Gasteiger charge is 2.24. The summed E-state index contributed by atoms with van der Waals surface area (Å²) in [6.07, 6.45) is 2.97. The molecule has 31 heavy (non-hydrogen) atoms. The molecule has 0 bridgehead atoms. The number of fused-ring (bicyclic) bond motifs is 2. The highest BCUT2D eigenvalue weighted by atomic mass is 32.1. The molecule has 1 saturated heterocycles. The standard InChI is InChI=1S/C25H29N3O2S/c1-27-12-9-18-7-8-20(16-22(18)25(27)29)30-14-3-4-19-17-26-11-13-28(19)23-5-2-6-24-21(23)10-15-31-24/h2,5-8,10,15-16,19,26H,3-4,9,11-14,17H2,1H3. The molecule has 1 unspecified atom stereocenters. The molecular weight excluding hydrogens is 406 g/mol. The highest BCUT2D eigenvalue weighted by Crippen LogP contribution is 2.32. The Labute approximate surface area is 187 Å². The summed E-state index contributed by atoms with van der Waals surface area (Å²) in [7, 11) is 1.86. The zero-order valence-electron chi connectivity index (χ0n) is 18.0. The molecule has 3 heterocycles. The smallest absolute Gasteiger partial charge is 0.254 e. The molecule has 1 fully saturated rings. The second-order valence-electron chi connectivity index (χ2n) is 8.45. The van der Waals surface area contributed by atoms with E-state index in [1.807, 2.05) is 25.2 Å². The van der Waals surface area contributed by atoms with Gasteiger partial charge in [0, 0.05) is 60.6 Å². The van der Waals surface area contributed by atoms with Gasteiger partial charge in [-0.2, -0.15) is 0 Å². The summed E-state index contributed by atoms with van der Waals surface area (Å²) in [5.41, 5.74) is 3.27. The van der Waals surface area contributed by atoms with Crippen molar-refractivity contribution in [2.24, 2.45) is 0 Å². The van der Waals surface area contributed by atoms with E-state index in [2.05, 4.69) is 39.9 Å². The lowest BCUT2D eigenvalue weighted by Gasteiger charge is -2.38. The molecule has 0 aliphatic carbocycles. The minimum atomic E-state index is 0.0956. The Morgan fingerprint density at radius 3 is 3.06 bits per heavy atom. The second kappa shape index (κ2) is 8.89. The van der Waals surface area contributed by atoms with Crippen LogP contribution >= 0.6 is 11.3 Å². The van der Waals surface area contributed by atoms with E-state index in [9.17, 15) is 4.79 Å². The van der Waals surface area contributed by atoms with Crippen LogP contribution < -0.4 is 15.0 Å². The quantitative estimate of drug-likeness (QED) is 0.591. The van der Waals surface area contributed by atoms with Crippen LogP contribution in [0.25, 0.3) is 10.1 Å². The van der Waals surface area contributed by atoms with Gasteiger partial charge in [-0.25, -0.2) is 0 Å². The van der Waals surface area contributed by atoms with Gasteiger partial charge < -0.3 is 19.9 Å². The number of amides is 1. The lowest BCUT2D eigenvalue weighted by Crippen LogP contribution is -2.51. The first kappa shape index (κ1) is 20.3. The number of piperazine rings is 1. The van der Waals surface area contributed by atoms with Crippen molar-refractivity contribution in [1.82, 2.24) is 10.2 Å². The van der Waals surface area contributed by atoms with Crippen molar-refractivity contribution in [2.75, 3.05) is 44.7 Å². The third-order valence-corrected chi connectivity index (χ3v) is 7.34. The van der Waals surface area contributed by atoms with Crippen LogP contribution in [0.15, 0.2) is 47.8 Å². The molecule has 5 rings (SSSR count). The minimum absolute atomic E-state index is 0.0956. The molecule has 0 spiro atoms. The van der Waals surface area contributed by atoms with Crippen LogP contribution in [0.5, 0.6) is 5.75 Å². The molecule has 1 atom stereocenters. The Morgan fingerprint density at radius 1 is 1.19 bits per heavy atom. The zero-order chi connectivity index (χ0) is 21.2. The van der Waals surface area contributed by atoms with Gasteiger partial charge in [0.15, 0.2) is 0 Å². The largest absolute Gasteiger partial charge is 0.494 e. The zero-order valence-corrected chi connectivity index (χ0v) is 18.8. The Bertz CT molecular complexity index is 1080. The highest BCUT2D eigenvalue weighted by molar-refractivity contribution is 7.17. The average Bonchev–Trinajstić information content (AvgIpc) is 3.29. The van der Waals surface area contributed by atoms with Crippen LogP contribution in [0.1, 0.15) is 28.8 Å². The van der Waals surface area contributed by atoms with Crippen LogP contribution in [0, 0.1) is 0 Å². The number of nitrogens with one attached hydrogen (secondary N) is 1. The maximum Gasteiger partial charge on any atom is 0.254 e. The Kier molecular flexibility index (Phi) is 5.83. The lowest BCUT2D eigenvalue weighted by atomic mass is 9.99. The molecule has 5 nitrogen and oxygen atoms in total. The topological polar surface area (TPSA) is 44.8 Å². The van der Waals surface area contributed by atoms with E-state index in [1.54, 1.807) is 16.2 Å². The summed E-state index contributed by atoms with van der Waals surface area (Å²) in [6, 6.07) is 15.3. The number of rotatable bonds is 6. The number of benzene rings is 2. The van der Waals surface area contributed by atoms with Crippen molar-refractivity contribution >= 4 is 33.0 Å².